The molecule has 5 nitrogen and oxygen atoms in total. The van der Waals surface area contributed by atoms with Crippen molar-refractivity contribution in [3.05, 3.63) is 23.8 Å². The number of hydrogen-bond donors (Lipinski definition) is 1. The van der Waals surface area contributed by atoms with E-state index in [0.29, 0.717) is 19.1 Å². The van der Waals surface area contributed by atoms with Crippen LogP contribution in [-0.2, 0) is 11.3 Å². The lowest BCUT2D eigenvalue weighted by molar-refractivity contribution is -0.0108. The van der Waals surface area contributed by atoms with Crippen LogP contribution in [0.2, 0.25) is 0 Å². The molecular formula is C19H33NO4. The zero-order chi connectivity index (χ0) is 18.1. The van der Waals surface area contributed by atoms with Crippen molar-refractivity contribution in [1.29, 1.82) is 0 Å². The Hall–Kier alpha value is -1.30. The molecule has 0 aliphatic rings. The minimum absolute atomic E-state index is 0.129. The normalized spacial score (nSPS) is 12.9. The number of methoxy groups -OCH3 is 2. The standard InChI is InChI=1S/C19H33NO4/c1-14(2)10-20(12-17(21)13-24-15(3)4)11-16-7-8-18(22-5)19(9-16)23-6/h7-9,14-15,17,21H,10-13H2,1-6H3. The van der Waals surface area contributed by atoms with Crippen molar-refractivity contribution in [3.8, 4) is 11.5 Å². The molecule has 0 spiro atoms. The Morgan fingerprint density at radius 1 is 1.00 bits per heavy atom. The highest BCUT2D eigenvalue weighted by Gasteiger charge is 2.15. The molecule has 1 unspecified atom stereocenters. The largest absolute Gasteiger partial charge is 0.493 e. The molecule has 1 N–H and O–H groups in total. The van der Waals surface area contributed by atoms with Crippen molar-refractivity contribution in [2.24, 2.45) is 5.92 Å². The maximum Gasteiger partial charge on any atom is 0.161 e. The molecule has 0 radical (unpaired) electrons. The van der Waals surface area contributed by atoms with Gasteiger partial charge in [-0.3, -0.25) is 4.90 Å². The molecule has 0 amide bonds. The molecule has 5 heteroatoms. The molecule has 0 bridgehead atoms. The van der Waals surface area contributed by atoms with Crippen LogP contribution in [0.3, 0.4) is 0 Å². The van der Waals surface area contributed by atoms with E-state index in [0.717, 1.165) is 30.2 Å². The van der Waals surface area contributed by atoms with Crippen LogP contribution in [0.4, 0.5) is 0 Å². The second-order valence-corrected chi connectivity index (χ2v) is 6.81. The Balaban J connectivity index is 2.74. The van der Waals surface area contributed by atoms with E-state index in [-0.39, 0.29) is 6.10 Å². The van der Waals surface area contributed by atoms with Crippen molar-refractivity contribution in [3.63, 3.8) is 0 Å². The van der Waals surface area contributed by atoms with Gasteiger partial charge in [0.25, 0.3) is 0 Å². The van der Waals surface area contributed by atoms with Crippen molar-refractivity contribution >= 4 is 0 Å². The molecule has 0 fully saturated rings. The summed E-state index contributed by atoms with van der Waals surface area (Å²) in [6, 6.07) is 5.94. The summed E-state index contributed by atoms with van der Waals surface area (Å²) in [5, 5.41) is 10.2. The van der Waals surface area contributed by atoms with Gasteiger partial charge < -0.3 is 19.3 Å². The molecule has 0 saturated heterocycles. The third kappa shape index (κ3) is 7.51. The number of aliphatic hydroxyl groups excluding tert-OH is 1. The maximum atomic E-state index is 10.2. The van der Waals surface area contributed by atoms with Crippen LogP contribution < -0.4 is 9.47 Å². The number of hydrogen-bond acceptors (Lipinski definition) is 5. The van der Waals surface area contributed by atoms with E-state index in [1.54, 1.807) is 14.2 Å². The minimum atomic E-state index is -0.494. The van der Waals surface area contributed by atoms with Gasteiger partial charge in [0, 0.05) is 19.6 Å². The first-order valence-corrected chi connectivity index (χ1v) is 8.58. The Morgan fingerprint density at radius 3 is 2.21 bits per heavy atom. The van der Waals surface area contributed by atoms with E-state index in [1.807, 2.05) is 32.0 Å². The first-order chi connectivity index (χ1) is 11.3. The highest BCUT2D eigenvalue weighted by Crippen LogP contribution is 2.28. The smallest absolute Gasteiger partial charge is 0.161 e. The summed E-state index contributed by atoms with van der Waals surface area (Å²) < 4.78 is 16.2. The summed E-state index contributed by atoms with van der Waals surface area (Å²) in [4.78, 5) is 2.25. The van der Waals surface area contributed by atoms with Crippen LogP contribution >= 0.6 is 0 Å². The van der Waals surface area contributed by atoms with Gasteiger partial charge in [0.1, 0.15) is 0 Å². The van der Waals surface area contributed by atoms with E-state index >= 15 is 0 Å². The highest BCUT2D eigenvalue weighted by atomic mass is 16.5. The molecule has 0 saturated carbocycles. The van der Waals surface area contributed by atoms with E-state index in [2.05, 4.69) is 18.7 Å². The molecule has 0 heterocycles. The molecule has 1 aromatic rings. The molecule has 24 heavy (non-hydrogen) atoms. The SMILES string of the molecule is COc1ccc(CN(CC(C)C)CC(O)COC(C)C)cc1OC. The lowest BCUT2D eigenvalue weighted by atomic mass is 10.1. The predicted molar refractivity (Wildman–Crippen MR) is 96.8 cm³/mol. The van der Waals surface area contributed by atoms with Crippen LogP contribution in [0.25, 0.3) is 0 Å². The predicted octanol–water partition coefficient (Wildman–Crippen LogP) is 2.95. The minimum Gasteiger partial charge on any atom is -0.493 e. The molecule has 138 valence electrons. The van der Waals surface area contributed by atoms with Crippen LogP contribution in [-0.4, -0.2) is 56.1 Å². The molecule has 0 aromatic heterocycles. The van der Waals surface area contributed by atoms with Gasteiger partial charge in [-0.15, -0.1) is 0 Å². The van der Waals surface area contributed by atoms with Crippen LogP contribution in [0, 0.1) is 5.92 Å². The van der Waals surface area contributed by atoms with Gasteiger partial charge in [-0.1, -0.05) is 19.9 Å². The Labute approximate surface area is 146 Å². The third-order valence-corrected chi connectivity index (χ3v) is 3.57. The maximum absolute atomic E-state index is 10.2. The number of ether oxygens (including phenoxy) is 3. The number of aliphatic hydroxyl groups is 1. The van der Waals surface area contributed by atoms with Gasteiger partial charge in [-0.2, -0.15) is 0 Å². The zero-order valence-electron chi connectivity index (χ0n) is 15.9. The van der Waals surface area contributed by atoms with Gasteiger partial charge in [-0.25, -0.2) is 0 Å². The second kappa shape index (κ2) is 10.5. The molecule has 1 rings (SSSR count). The van der Waals surface area contributed by atoms with E-state index < -0.39 is 6.10 Å². The average molecular weight is 339 g/mol. The second-order valence-electron chi connectivity index (χ2n) is 6.81. The van der Waals surface area contributed by atoms with Crippen molar-refractivity contribution in [2.75, 3.05) is 33.9 Å². The summed E-state index contributed by atoms with van der Waals surface area (Å²) in [6.07, 6.45) is -0.365. The summed E-state index contributed by atoms with van der Waals surface area (Å²) in [6.45, 7) is 10.9. The van der Waals surface area contributed by atoms with Crippen LogP contribution in [0.5, 0.6) is 11.5 Å². The Kier molecular flexibility index (Phi) is 9.11. The quantitative estimate of drug-likeness (QED) is 0.672. The number of nitrogens with zero attached hydrogens (tertiary/aromatic N) is 1. The van der Waals surface area contributed by atoms with Crippen molar-refractivity contribution in [1.82, 2.24) is 4.90 Å². The molecule has 0 aliphatic carbocycles. The van der Waals surface area contributed by atoms with Crippen molar-refractivity contribution in [2.45, 2.75) is 46.4 Å². The van der Waals surface area contributed by atoms with E-state index in [1.165, 1.54) is 0 Å². The van der Waals surface area contributed by atoms with Gasteiger partial charge in [0.05, 0.1) is 33.0 Å². The zero-order valence-corrected chi connectivity index (χ0v) is 15.9. The van der Waals surface area contributed by atoms with E-state index in [4.69, 9.17) is 14.2 Å². The first-order valence-electron chi connectivity index (χ1n) is 8.58. The van der Waals surface area contributed by atoms with Gasteiger partial charge in [0.2, 0.25) is 0 Å². The summed E-state index contributed by atoms with van der Waals surface area (Å²) in [5.41, 5.74) is 1.13. The number of rotatable bonds is 11. The Morgan fingerprint density at radius 2 is 1.67 bits per heavy atom. The summed E-state index contributed by atoms with van der Waals surface area (Å²) in [5.74, 6) is 1.97. The van der Waals surface area contributed by atoms with Gasteiger partial charge in [-0.05, 0) is 37.5 Å². The highest BCUT2D eigenvalue weighted by molar-refractivity contribution is 5.42. The lowest BCUT2D eigenvalue weighted by Crippen LogP contribution is -2.37. The van der Waals surface area contributed by atoms with Crippen LogP contribution in [0.1, 0.15) is 33.3 Å². The fourth-order valence-electron chi connectivity index (χ4n) is 2.61. The molecule has 1 aromatic carbocycles. The third-order valence-electron chi connectivity index (χ3n) is 3.57. The molecule has 1 atom stereocenters. The molecular weight excluding hydrogens is 306 g/mol. The van der Waals surface area contributed by atoms with Gasteiger partial charge in [0.15, 0.2) is 11.5 Å². The van der Waals surface area contributed by atoms with Crippen molar-refractivity contribution < 1.29 is 19.3 Å². The topological polar surface area (TPSA) is 51.2 Å². The lowest BCUT2D eigenvalue weighted by Gasteiger charge is -2.27. The Bertz CT molecular complexity index is 476. The number of benzene rings is 1. The fourth-order valence-corrected chi connectivity index (χ4v) is 2.61. The van der Waals surface area contributed by atoms with Gasteiger partial charge >= 0.3 is 0 Å². The summed E-state index contributed by atoms with van der Waals surface area (Å²) >= 11 is 0. The average Bonchev–Trinajstić information content (AvgIpc) is 2.52. The monoisotopic (exact) mass is 339 g/mol. The summed E-state index contributed by atoms with van der Waals surface area (Å²) in [7, 11) is 3.27. The molecule has 0 aliphatic heterocycles. The van der Waals surface area contributed by atoms with E-state index in [9.17, 15) is 5.11 Å². The fraction of sp³-hybridized carbons (Fsp3) is 0.684. The van der Waals surface area contributed by atoms with Crippen LogP contribution in [0.15, 0.2) is 18.2 Å². The first kappa shape index (κ1) is 20.7.